The molecular weight excluding hydrogens is 303 g/mol. The minimum absolute atomic E-state index is 0. The third-order valence-electron chi connectivity index (χ3n) is 0.258. The van der Waals surface area contributed by atoms with E-state index in [1.54, 1.807) is 0 Å². The van der Waals surface area contributed by atoms with Gasteiger partial charge in [0, 0.05) is 0 Å². The second-order valence-electron chi connectivity index (χ2n) is 0.848. The fraction of sp³-hybridized carbons (Fsp3) is 0.400. The summed E-state index contributed by atoms with van der Waals surface area (Å²) in [5, 5.41) is 6.76. The van der Waals surface area contributed by atoms with E-state index < -0.39 is 0 Å². The molecule has 0 aliphatic heterocycles. The second-order valence-corrected chi connectivity index (χ2v) is 1.36. The van der Waals surface area contributed by atoms with Crippen LogP contribution in [0.1, 0.15) is 0 Å². The molecule has 0 saturated heterocycles. The van der Waals surface area contributed by atoms with Crippen LogP contribution in [-0.2, 0) is 72.4 Å². The molecule has 0 radical (unpaired) electrons. The van der Waals surface area contributed by atoms with Crippen molar-refractivity contribution in [2.75, 3.05) is 11.8 Å². The zero-order valence-electron chi connectivity index (χ0n) is 6.87. The first-order valence-corrected chi connectivity index (χ1v) is 3.65. The van der Waals surface area contributed by atoms with E-state index >= 15 is 0 Å². The van der Waals surface area contributed by atoms with Crippen LogP contribution < -0.4 is 0 Å². The van der Waals surface area contributed by atoms with Gasteiger partial charge in [0.05, 0.1) is 0 Å². The molecule has 0 heterocycles. The van der Waals surface area contributed by atoms with Crippen LogP contribution in [-0.4, -0.2) is 30.0 Å². The summed E-state index contributed by atoms with van der Waals surface area (Å²) < 4.78 is 0. The van der Waals surface area contributed by atoms with E-state index in [9.17, 15) is 0 Å². The molecule has 6 nitrogen and oxygen atoms in total. The van der Waals surface area contributed by atoms with Gasteiger partial charge in [0.15, 0.2) is 0 Å². The maximum atomic E-state index is 9.05. The summed E-state index contributed by atoms with van der Waals surface area (Å²) >= 11 is 8.44. The zero-order valence-corrected chi connectivity index (χ0v) is 11.3. The normalized spacial score (nSPS) is 4.71. The van der Waals surface area contributed by atoms with Crippen LogP contribution in [0.4, 0.5) is 0 Å². The number of hydrogen-bond acceptors (Lipinski definition) is 7. The summed E-state index contributed by atoms with van der Waals surface area (Å²) in [7, 11) is 0. The maximum Gasteiger partial charge on any atom is 3.00 e. The molecule has 0 aromatic heterocycles. The first kappa shape index (κ1) is 23.6. The van der Waals surface area contributed by atoms with Gasteiger partial charge in [-0.1, -0.05) is 11.8 Å². The maximum absolute atomic E-state index is 9.05. The predicted molar refractivity (Wildman–Crippen MR) is 49.8 cm³/mol. The predicted octanol–water partition coefficient (Wildman–Crippen LogP) is -0.458. The molecule has 14 heavy (non-hydrogen) atoms. The van der Waals surface area contributed by atoms with Crippen LogP contribution in [0.3, 0.4) is 0 Å². The Hall–Kier alpha value is -0.0561. The van der Waals surface area contributed by atoms with E-state index in [1.165, 1.54) is 12.2 Å². The summed E-state index contributed by atoms with van der Waals surface area (Å²) in [5.41, 5.74) is 0. The van der Waals surface area contributed by atoms with Gasteiger partial charge < -0.3 is 30.7 Å². The van der Waals surface area contributed by atoms with Gasteiger partial charge in [0.2, 0.25) is 12.2 Å². The summed E-state index contributed by atoms with van der Waals surface area (Å²) in [4.78, 5) is 32.3. The topological polar surface area (TPSA) is 98.2 Å². The first-order valence-electron chi connectivity index (χ1n) is 2.49. The van der Waals surface area contributed by atoms with Crippen LogP contribution in [0.25, 0.3) is 5.41 Å². The van der Waals surface area contributed by atoms with Crippen molar-refractivity contribution in [3.8, 4) is 0 Å². The third kappa shape index (κ3) is 92.0. The van der Waals surface area contributed by atoms with E-state index in [0.29, 0.717) is 6.08 Å². The largest absolute Gasteiger partial charge is 3.00 e. The van der Waals surface area contributed by atoms with Crippen molar-refractivity contribution in [2.45, 2.75) is 0 Å². The van der Waals surface area contributed by atoms with Crippen molar-refractivity contribution >= 4 is 43.5 Å². The number of rotatable bonds is 2. The minimum atomic E-state index is 0. The molecule has 0 N–H and O–H groups in total. The summed E-state index contributed by atoms with van der Waals surface area (Å²) in [6.45, 7) is 0. The van der Waals surface area contributed by atoms with E-state index in [0.717, 1.165) is 0 Å². The quantitative estimate of drug-likeness (QED) is 0.391. The molecule has 0 unspecified atom stereocenters. The van der Waals surface area contributed by atoms with E-state index in [2.05, 4.69) is 35.2 Å². The molecule has 0 aliphatic carbocycles. The van der Waals surface area contributed by atoms with Gasteiger partial charge in [0.1, 0.15) is 0 Å². The molecule has 0 amide bonds. The van der Waals surface area contributed by atoms with E-state index in [4.69, 9.17) is 19.8 Å². The Bertz CT molecular complexity index is 202. The Kier molecular flexibility index (Phi) is 64.6. The molecule has 0 atom stereocenters. The standard InChI is InChI=1S/2C2H3NOS.CNO.Y/c2*4-1-3-2-5;2-1-3;/h2*5H,2H2;;/q;;-1;+3/p-2. The average molecular weight is 307 g/mol. The molecule has 0 fully saturated rings. The molecule has 0 rings (SSSR count). The zero-order chi connectivity index (χ0) is 10.9. The third-order valence-corrected chi connectivity index (χ3v) is 0.516. The van der Waals surface area contributed by atoms with Crippen LogP contribution >= 0.6 is 0 Å². The minimum Gasteiger partial charge on any atom is -0.769 e. The molecule has 0 saturated carbocycles. The smallest absolute Gasteiger partial charge is 0.769 e. The van der Waals surface area contributed by atoms with Crippen LogP contribution in [0, 0.1) is 0 Å². The number of aliphatic imine (C=N–C) groups is 2. The number of carbonyl (C=O) groups excluding carboxylic acids is 3. The van der Waals surface area contributed by atoms with Gasteiger partial charge in [-0.05, 0) is 6.08 Å². The number of isocyanates is 3. The first-order chi connectivity index (χ1) is 6.24. The summed E-state index contributed by atoms with van der Waals surface area (Å²) in [6.07, 6.45) is 3.08. The van der Waals surface area contributed by atoms with Crippen molar-refractivity contribution < 1.29 is 47.1 Å². The molecule has 0 aromatic rings. The Labute approximate surface area is 117 Å². The van der Waals surface area contributed by atoms with E-state index in [1.807, 2.05) is 0 Å². The number of nitrogens with zero attached hydrogens (tertiary/aromatic N) is 3. The Balaban J connectivity index is -0.0000000535. The fourth-order valence-corrected chi connectivity index (χ4v) is 0.158. The summed E-state index contributed by atoms with van der Waals surface area (Å²) in [5.74, 6) is 0.257. The van der Waals surface area contributed by atoms with Gasteiger partial charge >= 0.3 is 32.7 Å². The molecule has 0 aromatic carbocycles. The molecular formula is C5H4N3O3S2Y. The van der Waals surface area contributed by atoms with Gasteiger partial charge in [-0.25, -0.2) is 19.6 Å². The van der Waals surface area contributed by atoms with Crippen molar-refractivity contribution in [1.29, 1.82) is 0 Å². The van der Waals surface area contributed by atoms with Crippen LogP contribution in [0.5, 0.6) is 0 Å². The van der Waals surface area contributed by atoms with Gasteiger partial charge in [-0.2, -0.15) is 0 Å². The average Bonchev–Trinajstić information content (AvgIpc) is 2.09. The Morgan fingerprint density at radius 3 is 1.21 bits per heavy atom. The Morgan fingerprint density at radius 2 is 1.21 bits per heavy atom. The second kappa shape index (κ2) is 38.3. The van der Waals surface area contributed by atoms with Crippen molar-refractivity contribution in [3.05, 3.63) is 5.41 Å². The number of hydrogen-bond donors (Lipinski definition) is 0. The van der Waals surface area contributed by atoms with Crippen LogP contribution in [0.15, 0.2) is 9.98 Å². The molecule has 0 spiro atoms. The Morgan fingerprint density at radius 1 is 1.00 bits per heavy atom. The van der Waals surface area contributed by atoms with Crippen molar-refractivity contribution in [3.63, 3.8) is 0 Å². The fourth-order valence-electron chi connectivity index (χ4n) is 0.0527. The van der Waals surface area contributed by atoms with Gasteiger partial charge in [-0.3, -0.25) is 4.79 Å². The molecule has 72 valence electrons. The van der Waals surface area contributed by atoms with Crippen molar-refractivity contribution in [2.24, 2.45) is 9.98 Å². The molecule has 0 aliphatic rings. The van der Waals surface area contributed by atoms with Gasteiger partial charge in [0.25, 0.3) is 0 Å². The van der Waals surface area contributed by atoms with Crippen molar-refractivity contribution in [1.82, 2.24) is 0 Å². The van der Waals surface area contributed by atoms with Crippen LogP contribution in [0.2, 0.25) is 0 Å². The monoisotopic (exact) mass is 307 g/mol. The molecule has 0 bridgehead atoms. The SMILES string of the molecule is O=C=NC[S-].O=C=NC[S-].[N-]=C=O.[Y+3]. The summed E-state index contributed by atoms with van der Waals surface area (Å²) in [6, 6.07) is 0. The van der Waals surface area contributed by atoms with E-state index in [-0.39, 0.29) is 44.5 Å². The molecule has 9 heteroatoms. The van der Waals surface area contributed by atoms with Gasteiger partial charge in [-0.15, -0.1) is 0 Å².